The van der Waals surface area contributed by atoms with Crippen molar-refractivity contribution in [3.63, 3.8) is 0 Å². The average Bonchev–Trinajstić information content (AvgIpc) is 2.49. The number of nitrogens with two attached hydrogens (primary N) is 1. The summed E-state index contributed by atoms with van der Waals surface area (Å²) in [5.74, 6) is 0. The summed E-state index contributed by atoms with van der Waals surface area (Å²) in [6.07, 6.45) is 1.02. The maximum Gasteiger partial charge on any atom is 0.0476 e. The highest BCUT2D eigenvalue weighted by Gasteiger charge is 2.00. The molecule has 3 N–H and O–H groups in total. The molecule has 0 spiro atoms. The Kier molecular flexibility index (Phi) is 1.54. The van der Waals surface area contributed by atoms with Gasteiger partial charge in [-0.25, -0.2) is 0 Å². The van der Waals surface area contributed by atoms with Gasteiger partial charge in [0.15, 0.2) is 0 Å². The van der Waals surface area contributed by atoms with E-state index in [0.717, 1.165) is 23.0 Å². The summed E-state index contributed by atoms with van der Waals surface area (Å²) in [6.45, 7) is 2.13. The second kappa shape index (κ2) is 2.55. The number of aromatic amines is 1. The van der Waals surface area contributed by atoms with E-state index < -0.39 is 0 Å². The van der Waals surface area contributed by atoms with Gasteiger partial charge in [0.25, 0.3) is 0 Å². The number of rotatable bonds is 1. The first-order valence-corrected chi connectivity index (χ1v) is 4.17. The molecule has 0 amide bonds. The summed E-state index contributed by atoms with van der Waals surface area (Å²) >= 11 is 0. The number of nitrogens with one attached hydrogen (secondary N) is 1. The van der Waals surface area contributed by atoms with Crippen LogP contribution < -0.4 is 5.73 Å². The summed E-state index contributed by atoms with van der Waals surface area (Å²) < 4.78 is 0. The van der Waals surface area contributed by atoms with Gasteiger partial charge in [0.2, 0.25) is 0 Å². The van der Waals surface area contributed by atoms with E-state index in [1.807, 2.05) is 18.2 Å². The van der Waals surface area contributed by atoms with Crippen molar-refractivity contribution in [1.29, 1.82) is 0 Å². The van der Waals surface area contributed by atoms with E-state index in [4.69, 9.17) is 5.73 Å². The summed E-state index contributed by atoms with van der Waals surface area (Å²) in [6, 6.07) is 8.05. The molecule has 0 aliphatic rings. The summed E-state index contributed by atoms with van der Waals surface area (Å²) in [4.78, 5) is 3.31. The Labute approximate surface area is 71.4 Å². The monoisotopic (exact) mass is 160 g/mol. The van der Waals surface area contributed by atoms with Crippen LogP contribution in [-0.2, 0) is 6.42 Å². The van der Waals surface area contributed by atoms with Crippen LogP contribution in [0.15, 0.2) is 24.3 Å². The fourth-order valence-electron chi connectivity index (χ4n) is 1.43. The van der Waals surface area contributed by atoms with Crippen molar-refractivity contribution in [1.82, 2.24) is 4.98 Å². The van der Waals surface area contributed by atoms with Crippen molar-refractivity contribution in [2.45, 2.75) is 13.3 Å². The third-order valence-electron chi connectivity index (χ3n) is 2.13. The molecule has 12 heavy (non-hydrogen) atoms. The Morgan fingerprint density at radius 2 is 2.25 bits per heavy atom. The molecular weight excluding hydrogens is 148 g/mol. The lowest BCUT2D eigenvalue weighted by atomic mass is 10.2. The highest BCUT2D eigenvalue weighted by Crippen LogP contribution is 2.21. The third-order valence-corrected chi connectivity index (χ3v) is 2.13. The molecule has 0 radical (unpaired) electrons. The van der Waals surface area contributed by atoms with Crippen molar-refractivity contribution in [2.75, 3.05) is 5.73 Å². The number of hydrogen-bond acceptors (Lipinski definition) is 1. The van der Waals surface area contributed by atoms with Crippen LogP contribution in [0.25, 0.3) is 10.9 Å². The molecule has 62 valence electrons. The maximum absolute atomic E-state index is 5.80. The fourth-order valence-corrected chi connectivity index (χ4v) is 1.43. The molecule has 0 saturated carbocycles. The van der Waals surface area contributed by atoms with E-state index >= 15 is 0 Å². The zero-order chi connectivity index (χ0) is 8.55. The highest BCUT2D eigenvalue weighted by molar-refractivity contribution is 5.91. The fraction of sp³-hybridized carbons (Fsp3) is 0.200. The second-order valence-corrected chi connectivity index (χ2v) is 2.96. The number of anilines is 1. The minimum absolute atomic E-state index is 0.850. The topological polar surface area (TPSA) is 41.8 Å². The van der Waals surface area contributed by atoms with Crippen LogP contribution in [0.2, 0.25) is 0 Å². The van der Waals surface area contributed by atoms with E-state index in [-0.39, 0.29) is 0 Å². The molecule has 2 nitrogen and oxygen atoms in total. The third kappa shape index (κ3) is 0.961. The van der Waals surface area contributed by atoms with E-state index in [2.05, 4.69) is 18.0 Å². The van der Waals surface area contributed by atoms with Gasteiger partial charge in [0.1, 0.15) is 0 Å². The second-order valence-electron chi connectivity index (χ2n) is 2.96. The van der Waals surface area contributed by atoms with E-state index in [0.29, 0.717) is 0 Å². The number of fused-ring (bicyclic) bond motifs is 1. The normalized spacial score (nSPS) is 10.8. The van der Waals surface area contributed by atoms with Crippen molar-refractivity contribution < 1.29 is 0 Å². The molecule has 0 atom stereocenters. The first-order chi connectivity index (χ1) is 5.81. The van der Waals surface area contributed by atoms with E-state index in [1.165, 1.54) is 5.69 Å². The molecule has 1 aromatic carbocycles. The number of benzene rings is 1. The van der Waals surface area contributed by atoms with Gasteiger partial charge in [-0.15, -0.1) is 0 Å². The van der Waals surface area contributed by atoms with Gasteiger partial charge >= 0.3 is 0 Å². The minimum atomic E-state index is 0.850. The van der Waals surface area contributed by atoms with E-state index in [1.54, 1.807) is 0 Å². The summed E-state index contributed by atoms with van der Waals surface area (Å²) in [5.41, 5.74) is 9.02. The summed E-state index contributed by atoms with van der Waals surface area (Å²) in [5, 5.41) is 1.13. The Morgan fingerprint density at radius 1 is 1.42 bits per heavy atom. The zero-order valence-electron chi connectivity index (χ0n) is 7.09. The first-order valence-electron chi connectivity index (χ1n) is 4.17. The van der Waals surface area contributed by atoms with Crippen molar-refractivity contribution in [3.8, 4) is 0 Å². The van der Waals surface area contributed by atoms with Crippen LogP contribution in [-0.4, -0.2) is 4.98 Å². The molecule has 1 heterocycles. The van der Waals surface area contributed by atoms with Crippen LogP contribution >= 0.6 is 0 Å². The van der Waals surface area contributed by atoms with Gasteiger partial charge in [-0.3, -0.25) is 0 Å². The Hall–Kier alpha value is -1.44. The SMILES string of the molecule is CCc1cc2c(N)cccc2[nH]1. The molecule has 2 heteroatoms. The Bertz CT molecular complexity index is 401. The quantitative estimate of drug-likeness (QED) is 0.617. The highest BCUT2D eigenvalue weighted by atomic mass is 14.7. The lowest BCUT2D eigenvalue weighted by molar-refractivity contribution is 1.07. The molecule has 1 aromatic heterocycles. The number of aryl methyl sites for hydroxylation is 1. The number of aromatic nitrogens is 1. The molecule has 0 fully saturated rings. The lowest BCUT2D eigenvalue weighted by Crippen LogP contribution is -1.82. The summed E-state index contributed by atoms with van der Waals surface area (Å²) in [7, 11) is 0. The van der Waals surface area contributed by atoms with Crippen molar-refractivity contribution in [3.05, 3.63) is 30.0 Å². The number of H-pyrrole nitrogens is 1. The van der Waals surface area contributed by atoms with Gasteiger partial charge in [-0.2, -0.15) is 0 Å². The smallest absolute Gasteiger partial charge is 0.0476 e. The Morgan fingerprint density at radius 3 is 2.92 bits per heavy atom. The van der Waals surface area contributed by atoms with Gasteiger partial charge < -0.3 is 10.7 Å². The van der Waals surface area contributed by atoms with Crippen molar-refractivity contribution in [2.24, 2.45) is 0 Å². The molecular formula is C10H12N2. The van der Waals surface area contributed by atoms with Crippen LogP contribution in [0.4, 0.5) is 5.69 Å². The molecule has 0 aliphatic heterocycles. The van der Waals surface area contributed by atoms with Crippen LogP contribution in [0.5, 0.6) is 0 Å². The first kappa shape index (κ1) is 7.22. The average molecular weight is 160 g/mol. The molecule has 2 rings (SSSR count). The molecule has 0 bridgehead atoms. The van der Waals surface area contributed by atoms with Gasteiger partial charge in [-0.1, -0.05) is 13.0 Å². The Balaban J connectivity index is 2.74. The van der Waals surface area contributed by atoms with E-state index in [9.17, 15) is 0 Å². The standard InChI is InChI=1S/C10H12N2/c1-2-7-6-8-9(11)4-3-5-10(8)12-7/h3-6,12H,2,11H2,1H3. The maximum atomic E-state index is 5.80. The molecule has 0 saturated heterocycles. The molecule has 2 aromatic rings. The number of nitrogen functional groups attached to an aromatic ring is 1. The largest absolute Gasteiger partial charge is 0.398 e. The van der Waals surface area contributed by atoms with Gasteiger partial charge in [0.05, 0.1) is 0 Å². The van der Waals surface area contributed by atoms with Crippen molar-refractivity contribution >= 4 is 16.6 Å². The van der Waals surface area contributed by atoms with Gasteiger partial charge in [0, 0.05) is 22.3 Å². The predicted octanol–water partition coefficient (Wildman–Crippen LogP) is 2.31. The molecule has 0 unspecified atom stereocenters. The molecule has 0 aliphatic carbocycles. The lowest BCUT2D eigenvalue weighted by Gasteiger charge is -1.92. The predicted molar refractivity (Wildman–Crippen MR) is 52.1 cm³/mol. The minimum Gasteiger partial charge on any atom is -0.398 e. The zero-order valence-corrected chi connectivity index (χ0v) is 7.09. The number of hydrogen-bond donors (Lipinski definition) is 2. The van der Waals surface area contributed by atoms with Crippen LogP contribution in [0, 0.1) is 0 Å². The van der Waals surface area contributed by atoms with Crippen LogP contribution in [0.3, 0.4) is 0 Å². The van der Waals surface area contributed by atoms with Crippen LogP contribution in [0.1, 0.15) is 12.6 Å². The van der Waals surface area contributed by atoms with Gasteiger partial charge in [-0.05, 0) is 24.6 Å².